The van der Waals surface area contributed by atoms with Crippen molar-refractivity contribution in [1.82, 2.24) is 9.88 Å². The van der Waals surface area contributed by atoms with Gasteiger partial charge in [-0.3, -0.25) is 9.59 Å². The van der Waals surface area contributed by atoms with Gasteiger partial charge in [-0.05, 0) is 48.2 Å². The summed E-state index contributed by atoms with van der Waals surface area (Å²) in [6, 6.07) is 3.91. The fourth-order valence-electron chi connectivity index (χ4n) is 4.92. The van der Waals surface area contributed by atoms with Crippen LogP contribution in [0, 0.1) is 25.5 Å². The Kier molecular flexibility index (Phi) is 8.71. The van der Waals surface area contributed by atoms with E-state index in [1.807, 2.05) is 13.8 Å². The molecule has 0 aliphatic carbocycles. The summed E-state index contributed by atoms with van der Waals surface area (Å²) in [6.45, 7) is 2.58. The van der Waals surface area contributed by atoms with Crippen molar-refractivity contribution in [3.63, 3.8) is 0 Å². The topological polar surface area (TPSA) is 101 Å². The van der Waals surface area contributed by atoms with Gasteiger partial charge in [0.15, 0.2) is 0 Å². The van der Waals surface area contributed by atoms with Crippen LogP contribution in [0.25, 0.3) is 11.1 Å². The van der Waals surface area contributed by atoms with E-state index in [0.29, 0.717) is 28.8 Å². The quantitative estimate of drug-likeness (QED) is 0.400. The number of morpholine rings is 1. The Bertz CT molecular complexity index is 1550. The molecule has 2 heterocycles. The number of ether oxygens (including phenoxy) is 1. The molecule has 2 aromatic carbocycles. The van der Waals surface area contributed by atoms with Crippen LogP contribution in [0.15, 0.2) is 47.4 Å². The predicted molar refractivity (Wildman–Crippen MR) is 144 cm³/mol. The van der Waals surface area contributed by atoms with Gasteiger partial charge in [-0.1, -0.05) is 24.3 Å². The molecule has 224 valence electrons. The monoisotopic (exact) mass is 593 g/mol. The fraction of sp³-hybridized carbons (Fsp3) is 0.345. The van der Waals surface area contributed by atoms with E-state index in [1.54, 1.807) is 37.5 Å². The van der Waals surface area contributed by atoms with Gasteiger partial charge in [-0.25, -0.2) is 13.6 Å². The van der Waals surface area contributed by atoms with Crippen LogP contribution in [0.1, 0.15) is 27.0 Å². The van der Waals surface area contributed by atoms with Crippen molar-refractivity contribution in [2.45, 2.75) is 38.5 Å². The first kappa shape index (κ1) is 30.7. The van der Waals surface area contributed by atoms with Gasteiger partial charge in [0, 0.05) is 31.9 Å². The number of rotatable bonds is 7. The van der Waals surface area contributed by atoms with Gasteiger partial charge in [0.25, 0.3) is 11.5 Å². The molecule has 1 fully saturated rings. The summed E-state index contributed by atoms with van der Waals surface area (Å²) >= 11 is 0. The second-order valence-corrected chi connectivity index (χ2v) is 10.1. The molecular formula is C29H28F5N3O5. The highest BCUT2D eigenvalue weighted by Crippen LogP contribution is 2.32. The Morgan fingerprint density at radius 3 is 2.31 bits per heavy atom. The van der Waals surface area contributed by atoms with E-state index in [1.165, 1.54) is 4.57 Å². The number of aryl methyl sites for hydroxylation is 2. The highest BCUT2D eigenvalue weighted by molar-refractivity contribution is 5.97. The molecule has 0 bridgehead atoms. The van der Waals surface area contributed by atoms with E-state index in [0.717, 1.165) is 16.0 Å². The first-order valence-electron chi connectivity index (χ1n) is 12.9. The zero-order chi connectivity index (χ0) is 30.9. The summed E-state index contributed by atoms with van der Waals surface area (Å²) in [5, 5.41) is 11.8. The van der Waals surface area contributed by atoms with Gasteiger partial charge < -0.3 is 24.6 Å². The Morgan fingerprint density at radius 2 is 1.74 bits per heavy atom. The Morgan fingerprint density at radius 1 is 1.12 bits per heavy atom. The number of carbonyl (C=O) groups is 2. The first-order chi connectivity index (χ1) is 19.7. The molecular weight excluding hydrogens is 565 g/mol. The Labute approximate surface area is 237 Å². The number of benzene rings is 2. The lowest BCUT2D eigenvalue weighted by molar-refractivity contribution is -0.167. The zero-order valence-electron chi connectivity index (χ0n) is 22.9. The number of carbonyl (C=O) groups excluding carboxylic acids is 1. The summed E-state index contributed by atoms with van der Waals surface area (Å²) in [5.41, 5.74) is 1.48. The molecule has 1 amide bonds. The third-order valence-corrected chi connectivity index (χ3v) is 7.27. The first-order valence-corrected chi connectivity index (χ1v) is 12.9. The minimum atomic E-state index is -4.73. The standard InChI is InChI=1S/C29H28F5N3O5/c1-15-13-36(3)27(39)24(16(15)2)18-6-4-17(5-7-18)10-22(28(40)41)35-26(38)25-20(30)11-19(12-21(25)31)37-8-9-42-14-23(37)29(32,33)34/h4-7,11-13,22-23H,8-10,14H2,1-3H3,(H,35,38)(H,40,41)/t22-,23+/m0/s1. The van der Waals surface area contributed by atoms with Crippen LogP contribution in [0.5, 0.6) is 0 Å². The van der Waals surface area contributed by atoms with Crippen LogP contribution in [0.4, 0.5) is 27.6 Å². The molecule has 4 rings (SSSR count). The smallest absolute Gasteiger partial charge is 0.411 e. The van der Waals surface area contributed by atoms with Gasteiger partial charge in [-0.2, -0.15) is 13.2 Å². The lowest BCUT2D eigenvalue weighted by atomic mass is 9.97. The number of hydrogen-bond donors (Lipinski definition) is 2. The highest BCUT2D eigenvalue weighted by atomic mass is 19.4. The third-order valence-electron chi connectivity index (χ3n) is 7.27. The number of anilines is 1. The Balaban J connectivity index is 1.54. The van der Waals surface area contributed by atoms with Crippen molar-refractivity contribution >= 4 is 17.6 Å². The molecule has 1 aromatic heterocycles. The van der Waals surface area contributed by atoms with Crippen molar-refractivity contribution in [1.29, 1.82) is 0 Å². The molecule has 1 saturated heterocycles. The van der Waals surface area contributed by atoms with Crippen LogP contribution >= 0.6 is 0 Å². The summed E-state index contributed by atoms with van der Waals surface area (Å²) < 4.78 is 76.4. The summed E-state index contributed by atoms with van der Waals surface area (Å²) in [6.07, 6.45) is -3.27. The van der Waals surface area contributed by atoms with Crippen molar-refractivity contribution in [3.05, 3.63) is 86.8 Å². The molecule has 2 N–H and O–H groups in total. The van der Waals surface area contributed by atoms with Gasteiger partial charge in [0.2, 0.25) is 0 Å². The number of aromatic nitrogens is 1. The number of aliphatic carboxylic acids is 1. The van der Waals surface area contributed by atoms with Crippen molar-refractivity contribution in [3.8, 4) is 11.1 Å². The van der Waals surface area contributed by atoms with Gasteiger partial charge >= 0.3 is 12.1 Å². The molecule has 1 aliphatic heterocycles. The van der Waals surface area contributed by atoms with Gasteiger partial charge in [-0.15, -0.1) is 0 Å². The summed E-state index contributed by atoms with van der Waals surface area (Å²) in [4.78, 5) is 38.1. The number of amides is 1. The maximum absolute atomic E-state index is 14.9. The molecule has 0 saturated carbocycles. The molecule has 8 nitrogen and oxygen atoms in total. The van der Waals surface area contributed by atoms with Crippen molar-refractivity contribution in [2.75, 3.05) is 24.7 Å². The largest absolute Gasteiger partial charge is 0.480 e. The molecule has 2 atom stereocenters. The van der Waals surface area contributed by atoms with Crippen LogP contribution in [0.2, 0.25) is 0 Å². The predicted octanol–water partition coefficient (Wildman–Crippen LogP) is 4.14. The molecule has 3 aromatic rings. The van der Waals surface area contributed by atoms with Crippen molar-refractivity contribution in [2.24, 2.45) is 7.05 Å². The summed E-state index contributed by atoms with van der Waals surface area (Å²) in [7, 11) is 1.63. The number of pyridine rings is 1. The number of halogens is 5. The van der Waals surface area contributed by atoms with Crippen LogP contribution in [-0.2, 0) is 23.0 Å². The maximum atomic E-state index is 14.9. The number of nitrogens with one attached hydrogen (secondary N) is 1. The minimum absolute atomic E-state index is 0.0966. The number of nitrogens with zero attached hydrogens (tertiary/aromatic N) is 2. The molecule has 1 aliphatic rings. The number of alkyl halides is 3. The third kappa shape index (κ3) is 6.30. The lowest BCUT2D eigenvalue weighted by Gasteiger charge is -2.38. The average molecular weight is 594 g/mol. The van der Waals surface area contributed by atoms with Crippen LogP contribution in [0.3, 0.4) is 0 Å². The average Bonchev–Trinajstić information content (AvgIpc) is 2.91. The summed E-state index contributed by atoms with van der Waals surface area (Å²) in [5.74, 6) is -5.75. The van der Waals surface area contributed by atoms with Crippen LogP contribution < -0.4 is 15.8 Å². The van der Waals surface area contributed by atoms with E-state index in [-0.39, 0.29) is 25.1 Å². The van der Waals surface area contributed by atoms with E-state index in [2.05, 4.69) is 5.32 Å². The molecule has 13 heteroatoms. The van der Waals surface area contributed by atoms with E-state index in [4.69, 9.17) is 4.74 Å². The highest BCUT2D eigenvalue weighted by Gasteiger charge is 2.45. The molecule has 42 heavy (non-hydrogen) atoms. The second kappa shape index (κ2) is 11.9. The number of carboxylic acid groups (broad SMARTS) is 1. The van der Waals surface area contributed by atoms with E-state index >= 15 is 0 Å². The number of hydrogen-bond acceptors (Lipinski definition) is 5. The number of carboxylic acids is 1. The Hall–Kier alpha value is -4.26. The lowest BCUT2D eigenvalue weighted by Crippen LogP contribution is -2.53. The molecule has 0 unspecified atom stereocenters. The molecule has 0 radical (unpaired) electrons. The van der Waals surface area contributed by atoms with Crippen molar-refractivity contribution < 1.29 is 41.4 Å². The maximum Gasteiger partial charge on any atom is 0.411 e. The SMILES string of the molecule is Cc1cn(C)c(=O)c(-c2ccc(C[C@H](NC(=O)c3c(F)cc(N4CCOC[C@@H]4C(F)(F)F)cc3F)C(=O)O)cc2)c1C. The van der Waals surface area contributed by atoms with E-state index < -0.39 is 59.6 Å². The fourth-order valence-corrected chi connectivity index (χ4v) is 4.92. The molecule has 0 spiro atoms. The normalized spacial score (nSPS) is 16.3. The van der Waals surface area contributed by atoms with Gasteiger partial charge in [0.1, 0.15) is 29.3 Å². The minimum Gasteiger partial charge on any atom is -0.480 e. The van der Waals surface area contributed by atoms with Gasteiger partial charge in [0.05, 0.1) is 18.8 Å². The van der Waals surface area contributed by atoms with Crippen LogP contribution in [-0.4, -0.2) is 59.6 Å². The second-order valence-electron chi connectivity index (χ2n) is 10.1. The zero-order valence-corrected chi connectivity index (χ0v) is 22.9. The van der Waals surface area contributed by atoms with E-state index in [9.17, 15) is 41.4 Å².